The van der Waals surface area contributed by atoms with Crippen LogP contribution in [0.4, 0.5) is 5.69 Å². The summed E-state index contributed by atoms with van der Waals surface area (Å²) in [5, 5.41) is 4.25. The second-order valence-corrected chi connectivity index (χ2v) is 5.20. The van der Waals surface area contributed by atoms with E-state index in [4.69, 9.17) is 11.6 Å². The molecule has 0 fully saturated rings. The molecule has 0 aliphatic carbocycles. The van der Waals surface area contributed by atoms with Crippen LogP contribution in [0.2, 0.25) is 5.02 Å². The van der Waals surface area contributed by atoms with Crippen LogP contribution in [0.15, 0.2) is 41.6 Å². The number of carbonyl (C=O) groups excluding carboxylic acids is 1. The van der Waals surface area contributed by atoms with Crippen molar-refractivity contribution in [3.63, 3.8) is 0 Å². The minimum atomic E-state index is -0.164. The van der Waals surface area contributed by atoms with Crippen LogP contribution in [0.25, 0.3) is 0 Å². The Kier molecular flexibility index (Phi) is 4.45. The fourth-order valence-corrected chi connectivity index (χ4v) is 2.46. The van der Waals surface area contributed by atoms with Gasteiger partial charge in [0.05, 0.1) is 5.56 Å². The number of nitrogens with zero attached hydrogens (tertiary/aromatic N) is 1. The lowest BCUT2D eigenvalue weighted by Crippen LogP contribution is -2.14. The second-order valence-electron chi connectivity index (χ2n) is 3.97. The van der Waals surface area contributed by atoms with Crippen LogP contribution in [0.5, 0.6) is 0 Å². The number of thioether (sulfide) groups is 1. The van der Waals surface area contributed by atoms with E-state index in [1.807, 2.05) is 19.2 Å². The number of pyridine rings is 1. The molecule has 0 spiro atoms. The Hall–Kier alpha value is -1.52. The number of amides is 1. The first-order valence-corrected chi connectivity index (χ1v) is 7.28. The molecule has 0 unspecified atom stereocenters. The molecule has 0 aliphatic rings. The average molecular weight is 293 g/mol. The van der Waals surface area contributed by atoms with Crippen LogP contribution in [0, 0.1) is 6.92 Å². The largest absolute Gasteiger partial charge is 0.322 e. The molecular formula is C14H13ClN2OS. The molecule has 1 N–H and O–H groups in total. The monoisotopic (exact) mass is 292 g/mol. The van der Waals surface area contributed by atoms with Crippen molar-refractivity contribution in [1.29, 1.82) is 0 Å². The first-order valence-electron chi connectivity index (χ1n) is 5.68. The zero-order valence-electron chi connectivity index (χ0n) is 10.6. The second kappa shape index (κ2) is 6.08. The Bertz CT molecular complexity index is 616. The van der Waals surface area contributed by atoms with Gasteiger partial charge in [-0.2, -0.15) is 0 Å². The highest BCUT2D eigenvalue weighted by Crippen LogP contribution is 2.22. The van der Waals surface area contributed by atoms with E-state index in [9.17, 15) is 4.79 Å². The number of benzene rings is 1. The molecule has 19 heavy (non-hydrogen) atoms. The summed E-state index contributed by atoms with van der Waals surface area (Å²) in [4.78, 5) is 16.4. The summed E-state index contributed by atoms with van der Waals surface area (Å²) < 4.78 is 0. The van der Waals surface area contributed by atoms with Gasteiger partial charge in [0.1, 0.15) is 5.03 Å². The highest BCUT2D eigenvalue weighted by atomic mass is 35.5. The van der Waals surface area contributed by atoms with Gasteiger partial charge in [-0.05, 0) is 49.1 Å². The molecule has 0 aliphatic heterocycles. The summed E-state index contributed by atoms with van der Waals surface area (Å²) in [5.74, 6) is -0.164. The number of aromatic nitrogens is 1. The Morgan fingerprint density at radius 2 is 2.16 bits per heavy atom. The minimum Gasteiger partial charge on any atom is -0.322 e. The molecule has 2 rings (SSSR count). The van der Waals surface area contributed by atoms with Crippen molar-refractivity contribution >= 4 is 35.0 Å². The van der Waals surface area contributed by atoms with Gasteiger partial charge < -0.3 is 5.32 Å². The van der Waals surface area contributed by atoms with Gasteiger partial charge in [0, 0.05) is 16.9 Å². The standard InChI is InChI=1S/C14H13ClN2OS/c1-9-8-10(15)5-6-12(9)17-13(18)11-4-3-7-16-14(11)19-2/h3-8H,1-2H3,(H,17,18). The maximum absolute atomic E-state index is 12.2. The summed E-state index contributed by atoms with van der Waals surface area (Å²) in [7, 11) is 0. The van der Waals surface area contributed by atoms with E-state index in [0.717, 1.165) is 11.3 Å². The summed E-state index contributed by atoms with van der Waals surface area (Å²) >= 11 is 7.34. The van der Waals surface area contributed by atoms with Gasteiger partial charge in [-0.15, -0.1) is 11.8 Å². The lowest BCUT2D eigenvalue weighted by atomic mass is 10.2. The number of anilines is 1. The Balaban J connectivity index is 2.26. The third kappa shape index (κ3) is 3.28. The molecule has 1 aromatic heterocycles. The highest BCUT2D eigenvalue weighted by molar-refractivity contribution is 7.98. The Morgan fingerprint density at radius 3 is 2.84 bits per heavy atom. The van der Waals surface area contributed by atoms with Crippen molar-refractivity contribution in [3.05, 3.63) is 52.7 Å². The fraction of sp³-hybridized carbons (Fsp3) is 0.143. The van der Waals surface area contributed by atoms with Crippen molar-refractivity contribution in [2.24, 2.45) is 0 Å². The van der Waals surface area contributed by atoms with Crippen molar-refractivity contribution in [2.45, 2.75) is 11.9 Å². The molecule has 1 aromatic carbocycles. The molecule has 0 atom stereocenters. The van der Waals surface area contributed by atoms with Gasteiger partial charge in [0.2, 0.25) is 0 Å². The molecule has 98 valence electrons. The summed E-state index contributed by atoms with van der Waals surface area (Å²) in [6.45, 7) is 1.90. The van der Waals surface area contributed by atoms with Crippen molar-refractivity contribution in [1.82, 2.24) is 4.98 Å². The van der Waals surface area contributed by atoms with E-state index in [1.165, 1.54) is 11.8 Å². The molecular weight excluding hydrogens is 280 g/mol. The van der Waals surface area contributed by atoms with E-state index >= 15 is 0 Å². The predicted octanol–water partition coefficient (Wildman–Crippen LogP) is 4.02. The van der Waals surface area contributed by atoms with Gasteiger partial charge >= 0.3 is 0 Å². The average Bonchev–Trinajstić information content (AvgIpc) is 2.41. The molecule has 2 aromatic rings. The summed E-state index contributed by atoms with van der Waals surface area (Å²) in [5.41, 5.74) is 2.25. The fourth-order valence-electron chi connectivity index (χ4n) is 1.68. The van der Waals surface area contributed by atoms with E-state index in [2.05, 4.69) is 10.3 Å². The number of hydrogen-bond acceptors (Lipinski definition) is 3. The molecule has 0 saturated heterocycles. The number of carbonyl (C=O) groups is 1. The zero-order valence-corrected chi connectivity index (χ0v) is 12.2. The predicted molar refractivity (Wildman–Crippen MR) is 80.2 cm³/mol. The van der Waals surface area contributed by atoms with Crippen LogP contribution in [0.1, 0.15) is 15.9 Å². The number of nitrogens with one attached hydrogen (secondary N) is 1. The zero-order chi connectivity index (χ0) is 13.8. The maximum Gasteiger partial charge on any atom is 0.258 e. The van der Waals surface area contributed by atoms with Crippen molar-refractivity contribution < 1.29 is 4.79 Å². The number of rotatable bonds is 3. The Labute approximate surface area is 121 Å². The van der Waals surface area contributed by atoms with Crippen LogP contribution >= 0.6 is 23.4 Å². The van der Waals surface area contributed by atoms with Gasteiger partial charge in [-0.1, -0.05) is 11.6 Å². The third-order valence-corrected chi connectivity index (χ3v) is 3.59. The lowest BCUT2D eigenvalue weighted by Gasteiger charge is -2.10. The van der Waals surface area contributed by atoms with Crippen LogP contribution < -0.4 is 5.32 Å². The van der Waals surface area contributed by atoms with Crippen molar-refractivity contribution in [2.75, 3.05) is 11.6 Å². The van der Waals surface area contributed by atoms with Gasteiger partial charge in [0.25, 0.3) is 5.91 Å². The molecule has 1 heterocycles. The minimum absolute atomic E-state index is 0.164. The van der Waals surface area contributed by atoms with Crippen molar-refractivity contribution in [3.8, 4) is 0 Å². The van der Waals surface area contributed by atoms with Gasteiger partial charge in [-0.3, -0.25) is 4.79 Å². The van der Waals surface area contributed by atoms with Gasteiger partial charge in [0.15, 0.2) is 0 Å². The first-order chi connectivity index (χ1) is 9.11. The molecule has 0 radical (unpaired) electrons. The first kappa shape index (κ1) is 13.9. The van der Waals surface area contributed by atoms with Gasteiger partial charge in [-0.25, -0.2) is 4.98 Å². The number of aryl methyl sites for hydroxylation is 1. The smallest absolute Gasteiger partial charge is 0.258 e. The molecule has 0 bridgehead atoms. The lowest BCUT2D eigenvalue weighted by molar-refractivity contribution is 0.102. The molecule has 5 heteroatoms. The molecule has 0 saturated carbocycles. The quantitative estimate of drug-likeness (QED) is 0.869. The SMILES string of the molecule is CSc1ncccc1C(=O)Nc1ccc(Cl)cc1C. The number of hydrogen-bond donors (Lipinski definition) is 1. The molecule has 1 amide bonds. The van der Waals surface area contributed by atoms with E-state index in [1.54, 1.807) is 30.5 Å². The van der Waals surface area contributed by atoms with Crippen LogP contribution in [-0.4, -0.2) is 17.1 Å². The normalized spacial score (nSPS) is 10.3. The Morgan fingerprint density at radius 1 is 1.37 bits per heavy atom. The summed E-state index contributed by atoms with van der Waals surface area (Å²) in [6, 6.07) is 8.88. The van der Waals surface area contributed by atoms with Crippen LogP contribution in [0.3, 0.4) is 0 Å². The topological polar surface area (TPSA) is 42.0 Å². The number of halogens is 1. The third-order valence-electron chi connectivity index (χ3n) is 2.65. The van der Waals surface area contributed by atoms with E-state index < -0.39 is 0 Å². The highest BCUT2D eigenvalue weighted by Gasteiger charge is 2.12. The summed E-state index contributed by atoms with van der Waals surface area (Å²) in [6.07, 6.45) is 3.57. The van der Waals surface area contributed by atoms with Crippen LogP contribution in [-0.2, 0) is 0 Å². The van der Waals surface area contributed by atoms with E-state index in [-0.39, 0.29) is 5.91 Å². The molecule has 3 nitrogen and oxygen atoms in total. The van der Waals surface area contributed by atoms with E-state index in [0.29, 0.717) is 15.6 Å². The maximum atomic E-state index is 12.2.